The Bertz CT molecular complexity index is 775. The Morgan fingerprint density at radius 1 is 1.62 bits per heavy atom. The van der Waals surface area contributed by atoms with E-state index in [-0.39, 0.29) is 11.7 Å². The number of nitrogen functional groups attached to an aromatic ring is 1. The van der Waals surface area contributed by atoms with E-state index in [2.05, 4.69) is 4.98 Å². The lowest BCUT2D eigenvalue weighted by atomic mass is 10.0. The number of ether oxygens (including phenoxy) is 2. The van der Waals surface area contributed by atoms with Gasteiger partial charge in [0, 0.05) is 6.20 Å². The van der Waals surface area contributed by atoms with Crippen molar-refractivity contribution >= 4 is 11.8 Å². The van der Waals surface area contributed by atoms with Crippen LogP contribution in [0, 0.1) is 17.2 Å². The fourth-order valence-corrected chi connectivity index (χ4v) is 2.57. The van der Waals surface area contributed by atoms with E-state index >= 15 is 0 Å². The van der Waals surface area contributed by atoms with Crippen LogP contribution < -0.4 is 17.2 Å². The summed E-state index contributed by atoms with van der Waals surface area (Å²) < 4.78 is 11.3. The number of nitriles is 1. The number of hydrogen-bond acceptors (Lipinski definition) is 10. The van der Waals surface area contributed by atoms with Gasteiger partial charge in [-0.25, -0.2) is 4.79 Å². The van der Waals surface area contributed by atoms with Crippen molar-refractivity contribution in [3.63, 3.8) is 0 Å². The summed E-state index contributed by atoms with van der Waals surface area (Å²) in [5, 5.41) is 29.7. The highest BCUT2D eigenvalue weighted by molar-refractivity contribution is 5.76. The summed E-state index contributed by atoms with van der Waals surface area (Å²) in [6, 6.07) is 1.96. The molecule has 11 nitrogen and oxygen atoms in total. The third-order valence-electron chi connectivity index (χ3n) is 4.18. The maximum atomic E-state index is 12.1. The molecule has 0 saturated carbocycles. The minimum absolute atomic E-state index is 0.0866. The molecular formula is C15H21N5O6. The highest BCUT2D eigenvalue weighted by Crippen LogP contribution is 2.36. The minimum Gasteiger partial charge on any atom is -0.455 e. The molecule has 1 aromatic heterocycles. The van der Waals surface area contributed by atoms with Crippen LogP contribution in [0.1, 0.15) is 13.8 Å². The van der Waals surface area contributed by atoms with E-state index in [9.17, 15) is 25.1 Å². The third-order valence-corrected chi connectivity index (χ3v) is 4.18. The van der Waals surface area contributed by atoms with Gasteiger partial charge in [0.05, 0.1) is 6.61 Å². The smallest absolute Gasteiger partial charge is 0.352 e. The summed E-state index contributed by atoms with van der Waals surface area (Å²) >= 11 is 0. The van der Waals surface area contributed by atoms with E-state index in [4.69, 9.17) is 20.9 Å². The van der Waals surface area contributed by atoms with E-state index in [0.717, 1.165) is 10.8 Å². The summed E-state index contributed by atoms with van der Waals surface area (Å²) in [6.45, 7) is 2.74. The van der Waals surface area contributed by atoms with Crippen LogP contribution >= 0.6 is 0 Å². The largest absolute Gasteiger partial charge is 0.455 e. The number of carbonyl (C=O) groups excluding carboxylic acids is 1. The van der Waals surface area contributed by atoms with Gasteiger partial charge >= 0.3 is 11.7 Å². The van der Waals surface area contributed by atoms with Gasteiger partial charge in [-0.3, -0.25) is 9.36 Å². The number of nitrogens with zero attached hydrogens (tertiary/aromatic N) is 3. The molecule has 0 bridgehead atoms. The Kier molecular flexibility index (Phi) is 5.62. The number of aliphatic hydroxyl groups excluding tert-OH is 2. The monoisotopic (exact) mass is 367 g/mol. The van der Waals surface area contributed by atoms with Gasteiger partial charge in [-0.05, 0) is 12.0 Å². The van der Waals surface area contributed by atoms with Crippen LogP contribution in [0.4, 0.5) is 5.82 Å². The molecule has 2 unspecified atom stereocenters. The summed E-state index contributed by atoms with van der Waals surface area (Å²) in [4.78, 5) is 27.7. The summed E-state index contributed by atoms with van der Waals surface area (Å²) in [6.07, 6.45) is -3.33. The number of hydrogen-bond donors (Lipinski definition) is 4. The van der Waals surface area contributed by atoms with E-state index in [1.807, 2.05) is 0 Å². The van der Waals surface area contributed by atoms with Gasteiger partial charge in [0.15, 0.2) is 12.2 Å². The molecule has 26 heavy (non-hydrogen) atoms. The van der Waals surface area contributed by atoms with Gasteiger partial charge in [-0.15, -0.1) is 0 Å². The molecule has 2 rings (SSSR count). The number of anilines is 1. The summed E-state index contributed by atoms with van der Waals surface area (Å²) in [5.41, 5.74) is 7.94. The van der Waals surface area contributed by atoms with Gasteiger partial charge in [0.2, 0.25) is 0 Å². The zero-order valence-electron chi connectivity index (χ0n) is 14.3. The van der Waals surface area contributed by atoms with Gasteiger partial charge in [-0.1, -0.05) is 13.8 Å². The first kappa shape index (κ1) is 19.8. The van der Waals surface area contributed by atoms with Crippen molar-refractivity contribution < 1.29 is 24.5 Å². The number of aromatic nitrogens is 2. The van der Waals surface area contributed by atoms with Crippen LogP contribution in [0.15, 0.2) is 17.1 Å². The van der Waals surface area contributed by atoms with Crippen LogP contribution in [0.25, 0.3) is 0 Å². The van der Waals surface area contributed by atoms with Crippen molar-refractivity contribution in [2.45, 2.75) is 43.9 Å². The molecule has 0 amide bonds. The fraction of sp³-hybridized carbons (Fsp3) is 0.600. The second kappa shape index (κ2) is 7.38. The first-order valence-corrected chi connectivity index (χ1v) is 7.87. The zero-order chi connectivity index (χ0) is 19.6. The fourth-order valence-electron chi connectivity index (χ4n) is 2.57. The Morgan fingerprint density at radius 2 is 2.27 bits per heavy atom. The van der Waals surface area contributed by atoms with Gasteiger partial charge < -0.3 is 31.2 Å². The number of nitrogens with two attached hydrogens (primary N) is 2. The highest BCUT2D eigenvalue weighted by Gasteiger charge is 2.59. The molecule has 6 N–H and O–H groups in total. The average Bonchev–Trinajstić information content (AvgIpc) is 2.87. The molecule has 1 aromatic rings. The predicted octanol–water partition coefficient (Wildman–Crippen LogP) is -2.35. The summed E-state index contributed by atoms with van der Waals surface area (Å²) in [7, 11) is 0. The quantitative estimate of drug-likeness (QED) is 0.410. The Hall–Kier alpha value is -2.52. The molecule has 2 heterocycles. The average molecular weight is 367 g/mol. The van der Waals surface area contributed by atoms with Crippen LogP contribution in [0.3, 0.4) is 0 Å². The van der Waals surface area contributed by atoms with Gasteiger partial charge in [-0.2, -0.15) is 10.2 Å². The molecule has 0 radical (unpaired) electrons. The van der Waals surface area contributed by atoms with Crippen molar-refractivity contribution in [3.8, 4) is 6.07 Å². The molecule has 1 saturated heterocycles. The summed E-state index contributed by atoms with van der Waals surface area (Å²) in [5.74, 6) is -1.15. The minimum atomic E-state index is -2.25. The number of rotatable bonds is 5. The number of esters is 1. The molecule has 11 heteroatoms. The third kappa shape index (κ3) is 3.27. The number of aliphatic hydroxyl groups is 2. The van der Waals surface area contributed by atoms with Crippen molar-refractivity contribution in [2.24, 2.45) is 11.7 Å². The van der Waals surface area contributed by atoms with E-state index in [0.29, 0.717) is 0 Å². The Balaban J connectivity index is 2.41. The van der Waals surface area contributed by atoms with Crippen molar-refractivity contribution in [1.82, 2.24) is 9.55 Å². The molecule has 0 spiro atoms. The second-order valence-corrected chi connectivity index (χ2v) is 6.27. The van der Waals surface area contributed by atoms with Gasteiger partial charge in [0.25, 0.3) is 5.72 Å². The molecule has 5 atom stereocenters. The van der Waals surface area contributed by atoms with Crippen LogP contribution in [-0.2, 0) is 20.0 Å². The normalized spacial score (nSPS) is 29.3. The SMILES string of the molecule is CC(C)C(N)C(=O)OC1[C@@H](CO)O[C@@](C#N)(n2ccc(N)nc2=O)[C@H]1O. The Morgan fingerprint density at radius 3 is 2.77 bits per heavy atom. The molecular weight excluding hydrogens is 346 g/mol. The predicted molar refractivity (Wildman–Crippen MR) is 87.2 cm³/mol. The van der Waals surface area contributed by atoms with Crippen molar-refractivity contribution in [1.29, 1.82) is 5.26 Å². The molecule has 1 aliphatic heterocycles. The van der Waals surface area contributed by atoms with Crippen molar-refractivity contribution in [2.75, 3.05) is 12.3 Å². The molecule has 142 valence electrons. The lowest BCUT2D eigenvalue weighted by Crippen LogP contribution is -2.51. The van der Waals surface area contributed by atoms with E-state index in [1.54, 1.807) is 19.9 Å². The Labute approximate surface area is 148 Å². The standard InChI is InChI=1S/C15H21N5O6/c1-7(2)10(18)13(23)25-11-8(5-21)26-15(6-16,12(11)22)20-4-3-9(17)19-14(20)24/h3-4,7-8,10-12,21-22H,5,18H2,1-2H3,(H2,17,19,24)/t8-,10?,11?,12+,15-/m1/s1. The lowest BCUT2D eigenvalue weighted by molar-refractivity contribution is -0.159. The molecule has 0 aliphatic carbocycles. The molecule has 0 aromatic carbocycles. The molecule has 1 aliphatic rings. The maximum Gasteiger partial charge on any atom is 0.352 e. The maximum absolute atomic E-state index is 12.1. The van der Waals surface area contributed by atoms with E-state index < -0.39 is 48.3 Å². The number of carbonyl (C=O) groups is 1. The molecule has 1 fully saturated rings. The lowest BCUT2D eigenvalue weighted by Gasteiger charge is -2.27. The second-order valence-electron chi connectivity index (χ2n) is 6.27. The zero-order valence-corrected chi connectivity index (χ0v) is 14.3. The van der Waals surface area contributed by atoms with Gasteiger partial charge in [0.1, 0.15) is 24.0 Å². The van der Waals surface area contributed by atoms with Crippen LogP contribution in [0.5, 0.6) is 0 Å². The van der Waals surface area contributed by atoms with E-state index in [1.165, 1.54) is 6.07 Å². The topological polar surface area (TPSA) is 187 Å². The first-order valence-electron chi connectivity index (χ1n) is 7.87. The highest BCUT2D eigenvalue weighted by atomic mass is 16.6. The van der Waals surface area contributed by atoms with Crippen LogP contribution in [-0.4, -0.2) is 56.7 Å². The first-order chi connectivity index (χ1) is 12.2. The van der Waals surface area contributed by atoms with Crippen molar-refractivity contribution in [3.05, 3.63) is 22.7 Å². The van der Waals surface area contributed by atoms with Crippen LogP contribution in [0.2, 0.25) is 0 Å².